The van der Waals surface area contributed by atoms with E-state index in [1.807, 2.05) is 47.4 Å². The molecule has 0 aliphatic carbocycles. The van der Waals surface area contributed by atoms with Gasteiger partial charge in [-0.25, -0.2) is 0 Å². The van der Waals surface area contributed by atoms with E-state index in [-0.39, 0.29) is 12.5 Å². The molecule has 0 spiro atoms. The third kappa shape index (κ3) is 5.37. The van der Waals surface area contributed by atoms with Gasteiger partial charge in [-0.1, -0.05) is 30.3 Å². The number of hydrogen-bond donors (Lipinski definition) is 1. The fourth-order valence-electron chi connectivity index (χ4n) is 2.94. The van der Waals surface area contributed by atoms with Crippen molar-refractivity contribution in [3.05, 3.63) is 78.3 Å². The number of nitrogens with zero attached hydrogens (tertiary/aromatic N) is 1. The largest absolute Gasteiger partial charge is 0.497 e. The van der Waals surface area contributed by atoms with Crippen molar-refractivity contribution in [1.82, 2.24) is 4.90 Å². The topological polar surface area (TPSA) is 63.9 Å². The van der Waals surface area contributed by atoms with Gasteiger partial charge in [-0.3, -0.25) is 9.69 Å². The van der Waals surface area contributed by atoms with Crippen molar-refractivity contribution in [3.8, 4) is 11.5 Å². The maximum absolute atomic E-state index is 12.7. The van der Waals surface area contributed by atoms with E-state index < -0.39 is 0 Å². The Bertz CT molecular complexity index is 879. The summed E-state index contributed by atoms with van der Waals surface area (Å²) >= 11 is 0. The standard InChI is InChI=1S/C22H24N2O4/c1-26-18-10-11-21(27-2)20(13-18)23-22(25)16-24(15-19-9-6-12-28-19)14-17-7-4-3-5-8-17/h3-13H,14-16H2,1-2H3,(H,23,25). The van der Waals surface area contributed by atoms with Gasteiger partial charge in [-0.2, -0.15) is 0 Å². The lowest BCUT2D eigenvalue weighted by molar-refractivity contribution is -0.117. The molecule has 28 heavy (non-hydrogen) atoms. The molecule has 0 aliphatic rings. The lowest BCUT2D eigenvalue weighted by Gasteiger charge is -2.21. The fraction of sp³-hybridized carbons (Fsp3) is 0.227. The van der Waals surface area contributed by atoms with Crippen LogP contribution >= 0.6 is 0 Å². The lowest BCUT2D eigenvalue weighted by Crippen LogP contribution is -2.32. The molecule has 6 nitrogen and oxygen atoms in total. The van der Waals surface area contributed by atoms with Crippen molar-refractivity contribution < 1.29 is 18.7 Å². The Kier molecular flexibility index (Phi) is 6.70. The summed E-state index contributed by atoms with van der Waals surface area (Å²) in [5.41, 5.74) is 1.70. The van der Waals surface area contributed by atoms with E-state index in [0.29, 0.717) is 30.3 Å². The first kappa shape index (κ1) is 19.5. The quantitative estimate of drug-likeness (QED) is 0.609. The first-order chi connectivity index (χ1) is 13.7. The molecule has 2 aromatic carbocycles. The van der Waals surface area contributed by atoms with Crippen LogP contribution in [0.4, 0.5) is 5.69 Å². The van der Waals surface area contributed by atoms with Gasteiger partial charge in [0.25, 0.3) is 0 Å². The maximum Gasteiger partial charge on any atom is 0.238 e. The average molecular weight is 380 g/mol. The second-order valence-corrected chi connectivity index (χ2v) is 6.32. The van der Waals surface area contributed by atoms with Crippen LogP contribution in [0.25, 0.3) is 0 Å². The molecular weight excluding hydrogens is 356 g/mol. The Morgan fingerprint density at radius 1 is 1.00 bits per heavy atom. The van der Waals surface area contributed by atoms with E-state index in [4.69, 9.17) is 13.9 Å². The Balaban J connectivity index is 1.71. The summed E-state index contributed by atoms with van der Waals surface area (Å²) in [6.45, 7) is 1.37. The van der Waals surface area contributed by atoms with Gasteiger partial charge in [-0.05, 0) is 29.8 Å². The molecule has 3 aromatic rings. The maximum atomic E-state index is 12.7. The van der Waals surface area contributed by atoms with Gasteiger partial charge in [0.2, 0.25) is 5.91 Å². The molecule has 0 atom stereocenters. The normalized spacial score (nSPS) is 10.7. The molecule has 0 radical (unpaired) electrons. The van der Waals surface area contributed by atoms with E-state index >= 15 is 0 Å². The summed E-state index contributed by atoms with van der Waals surface area (Å²) < 4.78 is 16.0. The SMILES string of the molecule is COc1ccc(OC)c(NC(=O)CN(Cc2ccccc2)Cc2ccco2)c1. The molecule has 0 saturated heterocycles. The highest BCUT2D eigenvalue weighted by Gasteiger charge is 2.15. The fourth-order valence-corrected chi connectivity index (χ4v) is 2.94. The minimum absolute atomic E-state index is 0.144. The molecule has 6 heteroatoms. The van der Waals surface area contributed by atoms with Gasteiger partial charge >= 0.3 is 0 Å². The molecule has 0 saturated carbocycles. The molecule has 1 heterocycles. The van der Waals surface area contributed by atoms with Crippen molar-refractivity contribution in [1.29, 1.82) is 0 Å². The third-order valence-electron chi connectivity index (χ3n) is 4.26. The van der Waals surface area contributed by atoms with E-state index in [1.165, 1.54) is 0 Å². The third-order valence-corrected chi connectivity index (χ3v) is 4.26. The molecule has 0 unspecified atom stereocenters. The second-order valence-electron chi connectivity index (χ2n) is 6.32. The van der Waals surface area contributed by atoms with Crippen LogP contribution in [0.5, 0.6) is 11.5 Å². The van der Waals surface area contributed by atoms with Crippen molar-refractivity contribution in [2.75, 3.05) is 26.1 Å². The van der Waals surface area contributed by atoms with Crippen LogP contribution in [-0.2, 0) is 17.9 Å². The first-order valence-corrected chi connectivity index (χ1v) is 8.98. The molecule has 0 aliphatic heterocycles. The molecule has 1 amide bonds. The molecule has 1 N–H and O–H groups in total. The van der Waals surface area contributed by atoms with E-state index in [1.54, 1.807) is 38.7 Å². The molecule has 146 valence electrons. The van der Waals surface area contributed by atoms with E-state index in [2.05, 4.69) is 5.32 Å². The number of carbonyl (C=O) groups excluding carboxylic acids is 1. The summed E-state index contributed by atoms with van der Waals surface area (Å²) in [5.74, 6) is 1.89. The Labute approximate surface area is 164 Å². The number of carbonyl (C=O) groups is 1. The summed E-state index contributed by atoms with van der Waals surface area (Å²) in [6, 6.07) is 19.1. The van der Waals surface area contributed by atoms with Gasteiger partial charge in [-0.15, -0.1) is 0 Å². The van der Waals surface area contributed by atoms with Crippen LogP contribution in [0.1, 0.15) is 11.3 Å². The number of amides is 1. The number of rotatable bonds is 9. The number of benzene rings is 2. The summed E-state index contributed by atoms with van der Waals surface area (Å²) in [5, 5.41) is 2.92. The monoisotopic (exact) mass is 380 g/mol. The highest BCUT2D eigenvalue weighted by molar-refractivity contribution is 5.94. The van der Waals surface area contributed by atoms with Crippen LogP contribution in [0.3, 0.4) is 0 Å². The minimum atomic E-state index is -0.144. The number of ether oxygens (including phenoxy) is 2. The molecule has 3 rings (SSSR count). The number of anilines is 1. The number of hydrogen-bond acceptors (Lipinski definition) is 5. The van der Waals surface area contributed by atoms with Crippen molar-refractivity contribution in [2.45, 2.75) is 13.1 Å². The van der Waals surface area contributed by atoms with E-state index in [0.717, 1.165) is 11.3 Å². The van der Waals surface area contributed by atoms with Crippen LogP contribution in [0.2, 0.25) is 0 Å². The van der Waals surface area contributed by atoms with Crippen LogP contribution in [0.15, 0.2) is 71.3 Å². The van der Waals surface area contributed by atoms with Crippen LogP contribution < -0.4 is 14.8 Å². The van der Waals surface area contributed by atoms with Crippen molar-refractivity contribution in [2.24, 2.45) is 0 Å². The van der Waals surface area contributed by atoms with E-state index in [9.17, 15) is 4.79 Å². The van der Waals surface area contributed by atoms with Gasteiger partial charge in [0.15, 0.2) is 0 Å². The zero-order valence-corrected chi connectivity index (χ0v) is 16.1. The van der Waals surface area contributed by atoms with Gasteiger partial charge in [0, 0.05) is 12.6 Å². The van der Waals surface area contributed by atoms with Gasteiger partial charge < -0.3 is 19.2 Å². The van der Waals surface area contributed by atoms with Gasteiger partial charge in [0.1, 0.15) is 17.3 Å². The smallest absolute Gasteiger partial charge is 0.238 e. The summed E-state index contributed by atoms with van der Waals surface area (Å²) in [6.07, 6.45) is 1.64. The number of furan rings is 1. The Morgan fingerprint density at radius 2 is 1.82 bits per heavy atom. The van der Waals surface area contributed by atoms with Crippen LogP contribution in [0, 0.1) is 0 Å². The predicted molar refractivity (Wildman–Crippen MR) is 107 cm³/mol. The number of nitrogens with one attached hydrogen (secondary N) is 1. The summed E-state index contributed by atoms with van der Waals surface area (Å²) in [7, 11) is 3.15. The van der Waals surface area contributed by atoms with Crippen molar-refractivity contribution in [3.63, 3.8) is 0 Å². The lowest BCUT2D eigenvalue weighted by atomic mass is 10.2. The zero-order valence-electron chi connectivity index (χ0n) is 16.1. The average Bonchev–Trinajstić information content (AvgIpc) is 3.21. The molecule has 0 fully saturated rings. The van der Waals surface area contributed by atoms with Crippen molar-refractivity contribution >= 4 is 11.6 Å². The molecule has 1 aromatic heterocycles. The minimum Gasteiger partial charge on any atom is -0.497 e. The second kappa shape index (κ2) is 9.62. The highest BCUT2D eigenvalue weighted by atomic mass is 16.5. The Hall–Kier alpha value is -3.25. The molecular formula is C22H24N2O4. The molecule has 0 bridgehead atoms. The first-order valence-electron chi connectivity index (χ1n) is 8.98. The highest BCUT2D eigenvalue weighted by Crippen LogP contribution is 2.28. The Morgan fingerprint density at radius 3 is 2.50 bits per heavy atom. The van der Waals surface area contributed by atoms with Crippen LogP contribution in [-0.4, -0.2) is 31.6 Å². The predicted octanol–water partition coefficient (Wildman–Crippen LogP) is 3.94. The number of methoxy groups -OCH3 is 2. The summed E-state index contributed by atoms with van der Waals surface area (Å²) in [4.78, 5) is 14.8. The zero-order chi connectivity index (χ0) is 19.8. The van der Waals surface area contributed by atoms with Gasteiger partial charge in [0.05, 0.1) is 39.3 Å².